The zero-order valence-electron chi connectivity index (χ0n) is 16.1. The fraction of sp³-hybridized carbons (Fsp3) is 0.227. The molecule has 1 aliphatic heterocycles. The van der Waals surface area contributed by atoms with Gasteiger partial charge in [0.2, 0.25) is 0 Å². The fourth-order valence-electron chi connectivity index (χ4n) is 3.56. The summed E-state index contributed by atoms with van der Waals surface area (Å²) < 4.78 is 29.6. The summed E-state index contributed by atoms with van der Waals surface area (Å²) in [4.78, 5) is 26.6. The number of hydrogen-bond donors (Lipinski definition) is 1. The minimum Gasteiger partial charge on any atom is -0.349 e. The number of benzene rings is 2. The highest BCUT2D eigenvalue weighted by atomic mass is 19.1. The van der Waals surface area contributed by atoms with E-state index in [1.165, 1.54) is 35.0 Å². The van der Waals surface area contributed by atoms with E-state index in [0.29, 0.717) is 25.9 Å². The van der Waals surface area contributed by atoms with Crippen LogP contribution >= 0.6 is 0 Å². The van der Waals surface area contributed by atoms with Gasteiger partial charge in [0.25, 0.3) is 11.8 Å². The molecule has 6 nitrogen and oxygen atoms in total. The summed E-state index contributed by atoms with van der Waals surface area (Å²) >= 11 is 0. The van der Waals surface area contributed by atoms with Gasteiger partial charge in [-0.15, -0.1) is 0 Å². The van der Waals surface area contributed by atoms with Crippen molar-refractivity contribution in [1.82, 2.24) is 20.0 Å². The highest BCUT2D eigenvalue weighted by Gasteiger charge is 2.26. The molecule has 154 valence electrons. The first-order chi connectivity index (χ1) is 14.5. The Morgan fingerprint density at radius 2 is 1.77 bits per heavy atom. The molecule has 2 heterocycles. The Balaban J connectivity index is 1.36. The van der Waals surface area contributed by atoms with Crippen molar-refractivity contribution in [3.8, 4) is 5.69 Å². The van der Waals surface area contributed by atoms with Crippen molar-refractivity contribution in [1.29, 1.82) is 0 Å². The van der Waals surface area contributed by atoms with Crippen molar-refractivity contribution in [3.05, 3.63) is 83.7 Å². The van der Waals surface area contributed by atoms with Crippen molar-refractivity contribution < 1.29 is 18.4 Å². The molecule has 0 bridgehead atoms. The molecule has 0 radical (unpaired) electrons. The Bertz CT molecular complexity index is 1060. The molecule has 1 aromatic heterocycles. The van der Waals surface area contributed by atoms with E-state index >= 15 is 0 Å². The van der Waals surface area contributed by atoms with E-state index < -0.39 is 17.5 Å². The third-order valence-corrected chi connectivity index (χ3v) is 5.18. The number of piperidine rings is 1. The molecule has 1 N–H and O–H groups in total. The zero-order valence-corrected chi connectivity index (χ0v) is 16.1. The largest absolute Gasteiger partial charge is 0.349 e. The quantitative estimate of drug-likeness (QED) is 0.718. The van der Waals surface area contributed by atoms with Crippen LogP contribution in [0.1, 0.15) is 33.6 Å². The first-order valence-corrected chi connectivity index (χ1v) is 9.67. The average molecular weight is 410 g/mol. The Kier molecular flexibility index (Phi) is 5.56. The molecule has 1 saturated heterocycles. The number of carbonyl (C=O) groups excluding carboxylic acids is 2. The van der Waals surface area contributed by atoms with Crippen LogP contribution in [0.3, 0.4) is 0 Å². The molecule has 0 atom stereocenters. The van der Waals surface area contributed by atoms with Crippen LogP contribution in [0, 0.1) is 11.6 Å². The molecule has 0 saturated carbocycles. The topological polar surface area (TPSA) is 67.2 Å². The summed E-state index contributed by atoms with van der Waals surface area (Å²) in [5, 5.41) is 6.82. The van der Waals surface area contributed by atoms with Crippen molar-refractivity contribution in [2.45, 2.75) is 18.9 Å². The van der Waals surface area contributed by atoms with Gasteiger partial charge in [0.1, 0.15) is 17.3 Å². The number of nitrogens with one attached hydrogen (secondary N) is 1. The average Bonchev–Trinajstić information content (AvgIpc) is 3.28. The van der Waals surface area contributed by atoms with Gasteiger partial charge in [-0.2, -0.15) is 5.10 Å². The van der Waals surface area contributed by atoms with Gasteiger partial charge >= 0.3 is 0 Å². The van der Waals surface area contributed by atoms with E-state index in [-0.39, 0.29) is 28.8 Å². The van der Waals surface area contributed by atoms with Gasteiger partial charge in [0, 0.05) is 37.1 Å². The van der Waals surface area contributed by atoms with Crippen LogP contribution in [0.15, 0.2) is 60.9 Å². The number of rotatable bonds is 4. The number of aromatic nitrogens is 2. The smallest absolute Gasteiger partial charge is 0.254 e. The maximum Gasteiger partial charge on any atom is 0.254 e. The standard InChI is InChI=1S/C22H20F2N4O2/c23-18-5-2-1-4-17(18)21(29)26-16-8-12-27(13-9-16)22(30)15-6-7-20(19(24)14-15)28-11-3-10-25-28/h1-7,10-11,14,16H,8-9,12-13H2,(H,26,29). The molecule has 1 aliphatic rings. The van der Waals surface area contributed by atoms with Gasteiger partial charge in [0.15, 0.2) is 0 Å². The van der Waals surface area contributed by atoms with Crippen LogP contribution in [0.2, 0.25) is 0 Å². The summed E-state index contributed by atoms with van der Waals surface area (Å²) in [7, 11) is 0. The molecule has 0 spiro atoms. The number of halogens is 2. The second kappa shape index (κ2) is 8.44. The molecule has 4 rings (SSSR count). The van der Waals surface area contributed by atoms with Gasteiger partial charge in [0.05, 0.1) is 5.56 Å². The molecule has 8 heteroatoms. The lowest BCUT2D eigenvalue weighted by molar-refractivity contribution is 0.0697. The maximum atomic E-state index is 14.4. The van der Waals surface area contributed by atoms with Gasteiger partial charge in [-0.1, -0.05) is 12.1 Å². The molecule has 2 aromatic carbocycles. The van der Waals surface area contributed by atoms with Crippen molar-refractivity contribution in [2.24, 2.45) is 0 Å². The number of hydrogen-bond acceptors (Lipinski definition) is 3. The minimum absolute atomic E-state index is 0.00347. The van der Waals surface area contributed by atoms with E-state index in [1.807, 2.05) is 0 Å². The van der Waals surface area contributed by atoms with Crippen LogP contribution in [0.4, 0.5) is 8.78 Å². The predicted molar refractivity (Wildman–Crippen MR) is 106 cm³/mol. The Labute approximate surface area is 172 Å². The zero-order chi connectivity index (χ0) is 21.1. The van der Waals surface area contributed by atoms with E-state index in [4.69, 9.17) is 0 Å². The highest BCUT2D eigenvalue weighted by molar-refractivity contribution is 5.95. The lowest BCUT2D eigenvalue weighted by Gasteiger charge is -2.32. The Morgan fingerprint density at radius 3 is 2.43 bits per heavy atom. The summed E-state index contributed by atoms with van der Waals surface area (Å²) in [5.74, 6) is -1.83. The minimum atomic E-state index is -0.566. The lowest BCUT2D eigenvalue weighted by atomic mass is 10.0. The van der Waals surface area contributed by atoms with Gasteiger partial charge in [-0.3, -0.25) is 9.59 Å². The highest BCUT2D eigenvalue weighted by Crippen LogP contribution is 2.19. The van der Waals surface area contributed by atoms with Crippen molar-refractivity contribution >= 4 is 11.8 Å². The fourth-order valence-corrected chi connectivity index (χ4v) is 3.56. The lowest BCUT2D eigenvalue weighted by Crippen LogP contribution is -2.46. The molecule has 2 amide bonds. The molecule has 0 aliphatic carbocycles. The third-order valence-electron chi connectivity index (χ3n) is 5.18. The first-order valence-electron chi connectivity index (χ1n) is 9.67. The van der Waals surface area contributed by atoms with Crippen LogP contribution in [-0.4, -0.2) is 45.6 Å². The number of likely N-dealkylation sites (tertiary alicyclic amines) is 1. The summed E-state index contributed by atoms with van der Waals surface area (Å²) in [6, 6.07) is 11.7. The normalized spacial score (nSPS) is 14.5. The number of nitrogens with zero attached hydrogens (tertiary/aromatic N) is 3. The summed E-state index contributed by atoms with van der Waals surface area (Å²) in [5.41, 5.74) is 0.534. The second-order valence-electron chi connectivity index (χ2n) is 7.14. The number of carbonyl (C=O) groups is 2. The molecular formula is C22H20F2N4O2. The summed E-state index contributed by atoms with van der Waals surface area (Å²) in [6.45, 7) is 0.840. The molecule has 3 aromatic rings. The van der Waals surface area contributed by atoms with E-state index in [0.717, 1.165) is 0 Å². The van der Waals surface area contributed by atoms with E-state index in [2.05, 4.69) is 10.4 Å². The first kappa shape index (κ1) is 19.8. The SMILES string of the molecule is O=C(NC1CCN(C(=O)c2ccc(-n3cccn3)c(F)c2)CC1)c1ccccc1F. The molecular weight excluding hydrogens is 390 g/mol. The molecule has 0 unspecified atom stereocenters. The Morgan fingerprint density at radius 1 is 1.00 bits per heavy atom. The predicted octanol–water partition coefficient (Wildman–Crippen LogP) is 3.19. The van der Waals surface area contributed by atoms with Crippen molar-refractivity contribution in [2.75, 3.05) is 13.1 Å². The van der Waals surface area contributed by atoms with Crippen LogP contribution in [-0.2, 0) is 0 Å². The van der Waals surface area contributed by atoms with Gasteiger partial charge in [-0.25, -0.2) is 13.5 Å². The van der Waals surface area contributed by atoms with E-state index in [1.54, 1.807) is 35.5 Å². The monoisotopic (exact) mass is 410 g/mol. The molecule has 1 fully saturated rings. The van der Waals surface area contributed by atoms with Crippen LogP contribution in [0.25, 0.3) is 5.69 Å². The second-order valence-corrected chi connectivity index (χ2v) is 7.14. The van der Waals surface area contributed by atoms with Crippen LogP contribution < -0.4 is 5.32 Å². The van der Waals surface area contributed by atoms with E-state index in [9.17, 15) is 18.4 Å². The summed E-state index contributed by atoms with van der Waals surface area (Å²) in [6.07, 6.45) is 4.26. The van der Waals surface area contributed by atoms with Crippen molar-refractivity contribution in [3.63, 3.8) is 0 Å². The van der Waals surface area contributed by atoms with Crippen LogP contribution in [0.5, 0.6) is 0 Å². The van der Waals surface area contributed by atoms with Gasteiger partial charge < -0.3 is 10.2 Å². The number of amides is 2. The third kappa shape index (κ3) is 4.07. The van der Waals surface area contributed by atoms with Gasteiger partial charge in [-0.05, 0) is 49.2 Å². The maximum absolute atomic E-state index is 14.4. The Hall–Kier alpha value is -3.55. The molecule has 30 heavy (non-hydrogen) atoms.